The second-order valence-electron chi connectivity index (χ2n) is 9.24. The molecule has 5 nitrogen and oxygen atoms in total. The zero-order valence-corrected chi connectivity index (χ0v) is 18.2. The Balaban J connectivity index is 1.79. The summed E-state index contributed by atoms with van der Waals surface area (Å²) < 4.78 is 28.1. The van der Waals surface area contributed by atoms with Crippen molar-refractivity contribution in [3.63, 3.8) is 0 Å². The van der Waals surface area contributed by atoms with Gasteiger partial charge in [-0.3, -0.25) is 4.79 Å². The van der Waals surface area contributed by atoms with Crippen LogP contribution in [-0.4, -0.2) is 49.7 Å². The number of piperazine rings is 1. The molecule has 0 N–H and O–H groups in total. The van der Waals surface area contributed by atoms with Crippen LogP contribution in [0.1, 0.15) is 50.8 Å². The van der Waals surface area contributed by atoms with Crippen molar-refractivity contribution in [2.24, 2.45) is 11.8 Å². The minimum atomic E-state index is -3.55. The normalized spacial score (nSPS) is 24.1. The molecular weight excluding hydrogens is 360 g/mol. The lowest BCUT2D eigenvalue weighted by Gasteiger charge is -2.35. The van der Waals surface area contributed by atoms with Gasteiger partial charge in [-0.2, -0.15) is 4.31 Å². The van der Waals surface area contributed by atoms with E-state index in [-0.39, 0.29) is 17.2 Å². The van der Waals surface area contributed by atoms with Crippen LogP contribution in [0, 0.1) is 25.7 Å². The molecule has 2 fully saturated rings. The standard InChI is InChI=1S/C21H32N2O3S/c1-14-13-18(14)20(24)22-7-9-23(10-8-22)27(25,26)19-15(2)11-17(12-16(19)3)21(4,5)6/h11-12,14,18H,7-10,13H2,1-6H3/t14-,18+/m1/s1. The summed E-state index contributed by atoms with van der Waals surface area (Å²) in [4.78, 5) is 14.7. The smallest absolute Gasteiger partial charge is 0.243 e. The first-order valence-electron chi connectivity index (χ1n) is 9.83. The van der Waals surface area contributed by atoms with Crippen LogP contribution in [0.5, 0.6) is 0 Å². The average molecular weight is 393 g/mol. The fourth-order valence-corrected chi connectivity index (χ4v) is 5.80. The molecule has 1 amide bonds. The fraction of sp³-hybridized carbons (Fsp3) is 0.667. The van der Waals surface area contributed by atoms with E-state index < -0.39 is 10.0 Å². The van der Waals surface area contributed by atoms with Gasteiger partial charge in [-0.15, -0.1) is 0 Å². The molecule has 1 aliphatic heterocycles. The monoisotopic (exact) mass is 392 g/mol. The van der Waals surface area contributed by atoms with Gasteiger partial charge in [0.2, 0.25) is 15.9 Å². The van der Waals surface area contributed by atoms with E-state index in [4.69, 9.17) is 0 Å². The predicted octanol–water partition coefficient (Wildman–Crippen LogP) is 3.09. The fourth-order valence-electron chi connectivity index (χ4n) is 3.97. The van der Waals surface area contributed by atoms with Crippen molar-refractivity contribution in [1.29, 1.82) is 0 Å². The molecule has 27 heavy (non-hydrogen) atoms. The van der Waals surface area contributed by atoms with E-state index >= 15 is 0 Å². The molecular formula is C21H32N2O3S. The van der Waals surface area contributed by atoms with E-state index in [2.05, 4.69) is 27.7 Å². The molecule has 1 heterocycles. The van der Waals surface area contributed by atoms with Gasteiger partial charge in [0.1, 0.15) is 0 Å². The minimum Gasteiger partial charge on any atom is -0.340 e. The van der Waals surface area contributed by atoms with E-state index in [0.29, 0.717) is 37.0 Å². The van der Waals surface area contributed by atoms with Crippen LogP contribution in [-0.2, 0) is 20.2 Å². The second kappa shape index (κ2) is 6.89. The highest BCUT2D eigenvalue weighted by molar-refractivity contribution is 7.89. The summed E-state index contributed by atoms with van der Waals surface area (Å²) in [6.07, 6.45) is 0.968. The van der Waals surface area contributed by atoms with Crippen LogP contribution in [0.25, 0.3) is 0 Å². The molecule has 2 atom stereocenters. The van der Waals surface area contributed by atoms with Crippen molar-refractivity contribution in [3.8, 4) is 0 Å². The largest absolute Gasteiger partial charge is 0.340 e. The van der Waals surface area contributed by atoms with Gasteiger partial charge in [-0.05, 0) is 48.3 Å². The maximum absolute atomic E-state index is 13.3. The number of benzene rings is 1. The van der Waals surface area contributed by atoms with Gasteiger partial charge in [0, 0.05) is 32.1 Å². The molecule has 1 aromatic rings. The number of nitrogens with zero attached hydrogens (tertiary/aromatic N) is 2. The highest BCUT2D eigenvalue weighted by atomic mass is 32.2. The predicted molar refractivity (Wildman–Crippen MR) is 107 cm³/mol. The maximum Gasteiger partial charge on any atom is 0.243 e. The zero-order valence-electron chi connectivity index (χ0n) is 17.4. The molecule has 1 aliphatic carbocycles. The van der Waals surface area contributed by atoms with E-state index in [1.54, 1.807) is 4.31 Å². The third-order valence-corrected chi connectivity index (χ3v) is 8.11. The Morgan fingerprint density at radius 1 is 1.04 bits per heavy atom. The third-order valence-electron chi connectivity index (χ3n) is 5.90. The Bertz CT molecular complexity index is 824. The number of carbonyl (C=O) groups is 1. The van der Waals surface area contributed by atoms with E-state index in [1.165, 1.54) is 0 Å². The molecule has 0 bridgehead atoms. The lowest BCUT2D eigenvalue weighted by atomic mass is 9.85. The van der Waals surface area contributed by atoms with Crippen LogP contribution in [0.3, 0.4) is 0 Å². The van der Waals surface area contributed by atoms with Gasteiger partial charge >= 0.3 is 0 Å². The van der Waals surface area contributed by atoms with Crippen molar-refractivity contribution < 1.29 is 13.2 Å². The number of amides is 1. The average Bonchev–Trinajstić information content (AvgIpc) is 3.29. The van der Waals surface area contributed by atoms with Crippen molar-refractivity contribution >= 4 is 15.9 Å². The number of hydrogen-bond donors (Lipinski definition) is 0. The lowest BCUT2D eigenvalue weighted by molar-refractivity contribution is -0.134. The van der Waals surface area contributed by atoms with Crippen LogP contribution >= 0.6 is 0 Å². The Morgan fingerprint density at radius 2 is 1.52 bits per heavy atom. The first kappa shape index (κ1) is 20.3. The molecule has 1 saturated carbocycles. The molecule has 1 aromatic carbocycles. The van der Waals surface area contributed by atoms with Gasteiger partial charge in [0.15, 0.2) is 0 Å². The summed E-state index contributed by atoms with van der Waals surface area (Å²) in [6.45, 7) is 14.0. The number of aryl methyl sites for hydroxylation is 2. The molecule has 0 spiro atoms. The van der Waals surface area contributed by atoms with Gasteiger partial charge in [0.05, 0.1) is 4.90 Å². The van der Waals surface area contributed by atoms with Crippen molar-refractivity contribution in [2.75, 3.05) is 26.2 Å². The van der Waals surface area contributed by atoms with Crippen LogP contribution < -0.4 is 0 Å². The molecule has 0 radical (unpaired) electrons. The molecule has 0 aromatic heterocycles. The molecule has 150 valence electrons. The summed E-state index contributed by atoms with van der Waals surface area (Å²) in [6, 6.07) is 3.99. The van der Waals surface area contributed by atoms with Gasteiger partial charge < -0.3 is 4.90 Å². The maximum atomic E-state index is 13.3. The molecule has 3 rings (SSSR count). The SMILES string of the molecule is Cc1cc(C(C)(C)C)cc(C)c1S(=O)(=O)N1CCN(C(=O)[C@H]2C[C@H]2C)CC1. The molecule has 1 saturated heterocycles. The van der Waals surface area contributed by atoms with Gasteiger partial charge in [-0.25, -0.2) is 8.42 Å². The second-order valence-corrected chi connectivity index (χ2v) is 11.1. The van der Waals surface area contributed by atoms with Crippen molar-refractivity contribution in [1.82, 2.24) is 9.21 Å². The van der Waals surface area contributed by atoms with E-state index in [1.807, 2.05) is 30.9 Å². The highest BCUT2D eigenvalue weighted by Gasteiger charge is 2.42. The quantitative estimate of drug-likeness (QED) is 0.794. The molecule has 6 heteroatoms. The molecule has 0 unspecified atom stereocenters. The van der Waals surface area contributed by atoms with Gasteiger partial charge in [0.25, 0.3) is 0 Å². The summed E-state index contributed by atoms with van der Waals surface area (Å²) in [5.74, 6) is 0.829. The van der Waals surface area contributed by atoms with Crippen LogP contribution in [0.4, 0.5) is 0 Å². The molecule has 2 aliphatic rings. The minimum absolute atomic E-state index is 0.0241. The van der Waals surface area contributed by atoms with Crippen molar-refractivity contribution in [2.45, 2.75) is 58.3 Å². The lowest BCUT2D eigenvalue weighted by Crippen LogP contribution is -2.51. The Hall–Kier alpha value is -1.40. The highest BCUT2D eigenvalue weighted by Crippen LogP contribution is 2.39. The zero-order chi connectivity index (χ0) is 20.1. The number of carbonyl (C=O) groups excluding carboxylic acids is 1. The first-order chi connectivity index (χ1) is 12.4. The number of sulfonamides is 1. The Morgan fingerprint density at radius 3 is 1.93 bits per heavy atom. The first-order valence-corrected chi connectivity index (χ1v) is 11.3. The Kier molecular flexibility index (Phi) is 5.19. The van der Waals surface area contributed by atoms with Gasteiger partial charge in [-0.1, -0.05) is 39.8 Å². The number of rotatable bonds is 3. The van der Waals surface area contributed by atoms with Crippen molar-refractivity contribution in [3.05, 3.63) is 28.8 Å². The summed E-state index contributed by atoms with van der Waals surface area (Å²) >= 11 is 0. The number of hydrogen-bond acceptors (Lipinski definition) is 3. The van der Waals surface area contributed by atoms with Crippen LogP contribution in [0.2, 0.25) is 0 Å². The summed E-state index contributed by atoms with van der Waals surface area (Å²) in [5, 5.41) is 0. The van der Waals surface area contributed by atoms with E-state index in [9.17, 15) is 13.2 Å². The Labute approximate surface area is 163 Å². The summed E-state index contributed by atoms with van der Waals surface area (Å²) in [5.41, 5.74) is 2.71. The third kappa shape index (κ3) is 3.92. The topological polar surface area (TPSA) is 57.7 Å². The van der Waals surface area contributed by atoms with Crippen LogP contribution in [0.15, 0.2) is 17.0 Å². The summed E-state index contributed by atoms with van der Waals surface area (Å²) in [7, 11) is -3.55. The van der Waals surface area contributed by atoms with E-state index in [0.717, 1.165) is 23.1 Å².